The van der Waals surface area contributed by atoms with Gasteiger partial charge in [0.1, 0.15) is 21.7 Å². The first-order chi connectivity index (χ1) is 9.56. The van der Waals surface area contributed by atoms with Crippen molar-refractivity contribution < 1.29 is 8.42 Å². The minimum absolute atomic E-state index is 0.153. The second-order valence-electron chi connectivity index (χ2n) is 4.32. The fourth-order valence-corrected chi connectivity index (χ4v) is 4.36. The first-order valence-electron chi connectivity index (χ1n) is 6.23. The summed E-state index contributed by atoms with van der Waals surface area (Å²) in [5, 5.41) is 9.53. The van der Waals surface area contributed by atoms with E-state index in [-0.39, 0.29) is 10.6 Å². The van der Waals surface area contributed by atoms with Gasteiger partial charge in [-0.1, -0.05) is 31.5 Å². The van der Waals surface area contributed by atoms with Gasteiger partial charge in [0.2, 0.25) is 0 Å². The first kappa shape index (κ1) is 14.7. The van der Waals surface area contributed by atoms with E-state index in [0.29, 0.717) is 22.0 Å². The number of aryl methyl sites for hydroxylation is 1. The predicted molar refractivity (Wildman–Crippen MR) is 78.2 cm³/mol. The summed E-state index contributed by atoms with van der Waals surface area (Å²) in [7, 11) is -3.40. The van der Waals surface area contributed by atoms with Crippen LogP contribution in [0, 0.1) is 11.3 Å². The Bertz CT molecular complexity index is 728. The molecule has 0 radical (unpaired) electrons. The van der Waals surface area contributed by atoms with Gasteiger partial charge in [0.15, 0.2) is 9.84 Å². The molecule has 0 aliphatic heterocycles. The third-order valence-corrected chi connectivity index (χ3v) is 5.57. The summed E-state index contributed by atoms with van der Waals surface area (Å²) in [5.74, 6) is -0.153. The zero-order valence-corrected chi connectivity index (χ0v) is 12.7. The average Bonchev–Trinajstić information content (AvgIpc) is 2.81. The Morgan fingerprint density at radius 1 is 1.30 bits per heavy atom. The molecule has 0 saturated carbocycles. The largest absolute Gasteiger partial charge is 0.244 e. The van der Waals surface area contributed by atoms with E-state index in [1.807, 2.05) is 6.92 Å². The number of hydrogen-bond donors (Lipinski definition) is 0. The molecule has 1 heterocycles. The maximum atomic E-state index is 12.3. The molecule has 0 atom stereocenters. The normalized spacial score (nSPS) is 11.2. The average molecular weight is 306 g/mol. The number of sulfone groups is 1. The SMILES string of the molecule is CCCc1nc(CS(=O)(=O)c2ccccc2)sc1C#N. The van der Waals surface area contributed by atoms with Crippen molar-refractivity contribution in [3.63, 3.8) is 0 Å². The Labute approximate surface area is 122 Å². The predicted octanol–water partition coefficient (Wildman–Crippen LogP) is 2.94. The maximum absolute atomic E-state index is 12.3. The molecular formula is C14H14N2O2S2. The molecule has 0 saturated heterocycles. The topological polar surface area (TPSA) is 70.8 Å². The molecule has 0 aliphatic carbocycles. The van der Waals surface area contributed by atoms with Crippen LogP contribution >= 0.6 is 11.3 Å². The van der Waals surface area contributed by atoms with E-state index in [1.54, 1.807) is 30.3 Å². The number of thiazole rings is 1. The lowest BCUT2D eigenvalue weighted by Crippen LogP contribution is -2.04. The molecule has 0 spiro atoms. The number of nitriles is 1. The quantitative estimate of drug-likeness (QED) is 0.851. The van der Waals surface area contributed by atoms with Crippen molar-refractivity contribution in [1.82, 2.24) is 4.98 Å². The molecule has 0 aliphatic rings. The Hall–Kier alpha value is -1.71. The molecule has 1 aromatic heterocycles. The maximum Gasteiger partial charge on any atom is 0.184 e. The van der Waals surface area contributed by atoms with E-state index in [1.165, 1.54) is 11.3 Å². The minimum Gasteiger partial charge on any atom is -0.244 e. The molecule has 104 valence electrons. The highest BCUT2D eigenvalue weighted by Gasteiger charge is 2.19. The summed E-state index contributed by atoms with van der Waals surface area (Å²) >= 11 is 1.17. The Balaban J connectivity index is 2.29. The molecule has 1 aromatic carbocycles. The smallest absolute Gasteiger partial charge is 0.184 e. The lowest BCUT2D eigenvalue weighted by molar-refractivity contribution is 0.595. The van der Waals surface area contributed by atoms with Gasteiger partial charge < -0.3 is 0 Å². The van der Waals surface area contributed by atoms with Crippen LogP contribution in [-0.2, 0) is 22.0 Å². The van der Waals surface area contributed by atoms with Gasteiger partial charge in [0.05, 0.1) is 10.6 Å². The zero-order valence-electron chi connectivity index (χ0n) is 11.0. The molecule has 0 unspecified atom stereocenters. The molecule has 2 rings (SSSR count). The summed E-state index contributed by atoms with van der Waals surface area (Å²) < 4.78 is 24.5. The van der Waals surface area contributed by atoms with Crippen LogP contribution in [0.3, 0.4) is 0 Å². The molecule has 2 aromatic rings. The molecular weight excluding hydrogens is 292 g/mol. The van der Waals surface area contributed by atoms with Crippen LogP contribution in [0.5, 0.6) is 0 Å². The second kappa shape index (κ2) is 6.16. The third kappa shape index (κ3) is 3.24. The van der Waals surface area contributed by atoms with E-state index >= 15 is 0 Å². The molecule has 0 fully saturated rings. The zero-order chi connectivity index (χ0) is 14.6. The van der Waals surface area contributed by atoms with Crippen molar-refractivity contribution in [2.24, 2.45) is 0 Å². The lowest BCUT2D eigenvalue weighted by atomic mass is 10.2. The number of aromatic nitrogens is 1. The van der Waals surface area contributed by atoms with Crippen LogP contribution in [0.15, 0.2) is 35.2 Å². The van der Waals surface area contributed by atoms with Crippen molar-refractivity contribution in [2.75, 3.05) is 0 Å². The van der Waals surface area contributed by atoms with Gasteiger partial charge in [-0.2, -0.15) is 5.26 Å². The summed E-state index contributed by atoms with van der Waals surface area (Å²) in [5.41, 5.74) is 0.707. The monoisotopic (exact) mass is 306 g/mol. The molecule has 0 bridgehead atoms. The van der Waals surface area contributed by atoms with Crippen LogP contribution in [0.2, 0.25) is 0 Å². The van der Waals surface area contributed by atoms with E-state index in [4.69, 9.17) is 5.26 Å². The van der Waals surface area contributed by atoms with Crippen LogP contribution in [0.4, 0.5) is 0 Å². The van der Waals surface area contributed by atoms with Gasteiger partial charge in [0, 0.05) is 0 Å². The van der Waals surface area contributed by atoms with Crippen molar-refractivity contribution in [3.8, 4) is 6.07 Å². The van der Waals surface area contributed by atoms with Gasteiger partial charge in [-0.15, -0.1) is 11.3 Å². The molecule has 0 amide bonds. The van der Waals surface area contributed by atoms with E-state index < -0.39 is 9.84 Å². The van der Waals surface area contributed by atoms with Crippen molar-refractivity contribution in [2.45, 2.75) is 30.4 Å². The highest BCUT2D eigenvalue weighted by molar-refractivity contribution is 7.90. The number of nitrogens with zero attached hydrogens (tertiary/aromatic N) is 2. The summed E-state index contributed by atoms with van der Waals surface area (Å²) in [4.78, 5) is 5.10. The number of hydrogen-bond acceptors (Lipinski definition) is 5. The standard InChI is InChI=1S/C14H14N2O2S2/c1-2-6-12-13(9-15)19-14(16-12)10-20(17,18)11-7-4-3-5-8-11/h3-5,7-8H,2,6,10H2,1H3. The number of benzene rings is 1. The summed E-state index contributed by atoms with van der Waals surface area (Å²) in [6.07, 6.45) is 1.58. The van der Waals surface area contributed by atoms with Crippen molar-refractivity contribution >= 4 is 21.2 Å². The summed E-state index contributed by atoms with van der Waals surface area (Å²) in [6.45, 7) is 2.00. The van der Waals surface area contributed by atoms with E-state index in [0.717, 1.165) is 6.42 Å². The fraction of sp³-hybridized carbons (Fsp3) is 0.286. The van der Waals surface area contributed by atoms with Crippen LogP contribution in [0.1, 0.15) is 28.9 Å². The van der Waals surface area contributed by atoms with Gasteiger partial charge in [-0.25, -0.2) is 13.4 Å². The highest BCUT2D eigenvalue weighted by atomic mass is 32.2. The minimum atomic E-state index is -3.40. The van der Waals surface area contributed by atoms with Crippen LogP contribution < -0.4 is 0 Å². The lowest BCUT2D eigenvalue weighted by Gasteiger charge is -2.01. The van der Waals surface area contributed by atoms with Gasteiger partial charge >= 0.3 is 0 Å². The Kier molecular flexibility index (Phi) is 4.53. The molecule has 0 N–H and O–H groups in total. The number of rotatable bonds is 5. The van der Waals surface area contributed by atoms with Crippen LogP contribution in [0.25, 0.3) is 0 Å². The first-order valence-corrected chi connectivity index (χ1v) is 8.70. The molecule has 20 heavy (non-hydrogen) atoms. The molecule has 4 nitrogen and oxygen atoms in total. The third-order valence-electron chi connectivity index (χ3n) is 2.75. The van der Waals surface area contributed by atoms with Crippen molar-refractivity contribution in [1.29, 1.82) is 5.26 Å². The van der Waals surface area contributed by atoms with Crippen LogP contribution in [-0.4, -0.2) is 13.4 Å². The Morgan fingerprint density at radius 2 is 2.00 bits per heavy atom. The molecule has 6 heteroatoms. The van der Waals surface area contributed by atoms with Gasteiger partial charge in [-0.3, -0.25) is 0 Å². The highest BCUT2D eigenvalue weighted by Crippen LogP contribution is 2.23. The van der Waals surface area contributed by atoms with E-state index in [2.05, 4.69) is 11.1 Å². The second-order valence-corrected chi connectivity index (χ2v) is 7.39. The van der Waals surface area contributed by atoms with Gasteiger partial charge in [0.25, 0.3) is 0 Å². The van der Waals surface area contributed by atoms with Crippen molar-refractivity contribution in [3.05, 3.63) is 45.9 Å². The fourth-order valence-electron chi connectivity index (χ4n) is 1.83. The Morgan fingerprint density at radius 3 is 2.60 bits per heavy atom. The summed E-state index contributed by atoms with van der Waals surface area (Å²) in [6, 6.07) is 10.4. The van der Waals surface area contributed by atoms with Gasteiger partial charge in [-0.05, 0) is 18.6 Å². The van der Waals surface area contributed by atoms with E-state index in [9.17, 15) is 8.42 Å².